The lowest BCUT2D eigenvalue weighted by Crippen LogP contribution is -2.03. The Morgan fingerprint density at radius 3 is 2.55 bits per heavy atom. The molecule has 1 N–H and O–H groups in total. The summed E-state index contributed by atoms with van der Waals surface area (Å²) < 4.78 is 0. The van der Waals surface area contributed by atoms with Crippen molar-refractivity contribution in [3.8, 4) is 0 Å². The third-order valence-electron chi connectivity index (χ3n) is 2.77. The van der Waals surface area contributed by atoms with Crippen molar-refractivity contribution < 1.29 is 9.85 Å². The minimum absolute atomic E-state index is 0.0610. The van der Waals surface area contributed by atoms with Gasteiger partial charge in [-0.3, -0.25) is 30.6 Å². The van der Waals surface area contributed by atoms with Crippen molar-refractivity contribution in [3.63, 3.8) is 0 Å². The molecule has 1 aromatic carbocycles. The van der Waals surface area contributed by atoms with Gasteiger partial charge < -0.3 is 0 Å². The lowest BCUT2D eigenvalue weighted by molar-refractivity contribution is -0.393. The van der Waals surface area contributed by atoms with Gasteiger partial charge in [0.05, 0.1) is 27.3 Å². The number of hydrogen-bond donors (Lipinski definition) is 1. The topological polar surface area (TPSA) is 124 Å². The number of nitro benzene ring substituents is 2. The molecular formula is C13H11N5O4. The zero-order chi connectivity index (χ0) is 16.1. The largest absolute Gasteiger partial charge is 0.301 e. The molecule has 0 unspecified atom stereocenters. The minimum Gasteiger partial charge on any atom is -0.271 e. The summed E-state index contributed by atoms with van der Waals surface area (Å²) >= 11 is 0. The molecule has 0 bridgehead atoms. The number of rotatable bonds is 5. The molecule has 0 amide bonds. The van der Waals surface area contributed by atoms with E-state index in [1.165, 1.54) is 12.1 Å². The van der Waals surface area contributed by atoms with Crippen LogP contribution in [0.5, 0.6) is 0 Å². The lowest BCUT2D eigenvalue weighted by atomic mass is 10.2. The zero-order valence-electron chi connectivity index (χ0n) is 11.5. The second-order valence-electron chi connectivity index (χ2n) is 4.24. The van der Waals surface area contributed by atoms with Crippen LogP contribution < -0.4 is 5.43 Å². The van der Waals surface area contributed by atoms with Crippen molar-refractivity contribution in [2.75, 3.05) is 5.43 Å². The number of non-ortho nitro benzene ring substituents is 1. The normalized spacial score (nSPS) is 11.0. The van der Waals surface area contributed by atoms with Gasteiger partial charge in [0.2, 0.25) is 0 Å². The SMILES string of the molecule is C/C(=N/Nc1ccc([N+](=O)[O-])cc1[N+](=O)[O-])c1ccccn1. The van der Waals surface area contributed by atoms with Crippen molar-refractivity contribution in [2.24, 2.45) is 5.10 Å². The van der Waals surface area contributed by atoms with Crippen molar-refractivity contribution in [3.05, 3.63) is 68.5 Å². The first-order valence-electron chi connectivity index (χ1n) is 6.13. The Balaban J connectivity index is 2.30. The van der Waals surface area contributed by atoms with Crippen LogP contribution in [0.3, 0.4) is 0 Å². The highest BCUT2D eigenvalue weighted by Gasteiger charge is 2.19. The van der Waals surface area contributed by atoms with E-state index >= 15 is 0 Å². The highest BCUT2D eigenvalue weighted by atomic mass is 16.6. The number of aromatic nitrogens is 1. The molecular weight excluding hydrogens is 290 g/mol. The Morgan fingerprint density at radius 2 is 1.95 bits per heavy atom. The molecule has 112 valence electrons. The van der Waals surface area contributed by atoms with Crippen LogP contribution in [0.15, 0.2) is 47.7 Å². The summed E-state index contributed by atoms with van der Waals surface area (Å²) in [6, 6.07) is 8.58. The Hall–Kier alpha value is -3.36. The quantitative estimate of drug-likeness (QED) is 0.514. The molecule has 0 fully saturated rings. The first kappa shape index (κ1) is 15.0. The van der Waals surface area contributed by atoms with Crippen molar-refractivity contribution in [1.29, 1.82) is 0 Å². The van der Waals surface area contributed by atoms with E-state index in [2.05, 4.69) is 15.5 Å². The van der Waals surface area contributed by atoms with E-state index in [0.717, 1.165) is 6.07 Å². The van der Waals surface area contributed by atoms with Gasteiger partial charge in [-0.15, -0.1) is 0 Å². The van der Waals surface area contributed by atoms with Gasteiger partial charge in [-0.1, -0.05) is 6.07 Å². The van der Waals surface area contributed by atoms with E-state index in [4.69, 9.17) is 0 Å². The van der Waals surface area contributed by atoms with Crippen LogP contribution in [0.2, 0.25) is 0 Å². The average Bonchev–Trinajstić information content (AvgIpc) is 2.53. The Kier molecular flexibility index (Phi) is 4.37. The van der Waals surface area contributed by atoms with E-state index in [9.17, 15) is 20.2 Å². The monoisotopic (exact) mass is 301 g/mol. The molecule has 2 rings (SSSR count). The second kappa shape index (κ2) is 6.39. The number of nitrogens with one attached hydrogen (secondary N) is 1. The molecule has 22 heavy (non-hydrogen) atoms. The third-order valence-corrected chi connectivity index (χ3v) is 2.77. The average molecular weight is 301 g/mol. The highest BCUT2D eigenvalue weighted by molar-refractivity contribution is 5.97. The van der Waals surface area contributed by atoms with Gasteiger partial charge in [0.25, 0.3) is 5.69 Å². The maximum absolute atomic E-state index is 11.0. The number of nitro groups is 2. The Morgan fingerprint density at radius 1 is 1.18 bits per heavy atom. The molecule has 0 radical (unpaired) electrons. The molecule has 9 heteroatoms. The van der Waals surface area contributed by atoms with Crippen LogP contribution in [0.4, 0.5) is 17.1 Å². The molecule has 0 saturated heterocycles. The fourth-order valence-electron chi connectivity index (χ4n) is 1.66. The Labute approximate surface area is 124 Å². The highest BCUT2D eigenvalue weighted by Crippen LogP contribution is 2.28. The maximum Gasteiger partial charge on any atom is 0.301 e. The molecule has 0 spiro atoms. The maximum atomic E-state index is 11.0. The van der Waals surface area contributed by atoms with Crippen LogP contribution in [0.25, 0.3) is 0 Å². The van der Waals surface area contributed by atoms with Crippen LogP contribution in [-0.4, -0.2) is 20.5 Å². The van der Waals surface area contributed by atoms with Crippen molar-refractivity contribution in [2.45, 2.75) is 6.92 Å². The van der Waals surface area contributed by atoms with Gasteiger partial charge in [0, 0.05) is 12.3 Å². The predicted molar refractivity (Wildman–Crippen MR) is 79.8 cm³/mol. The third kappa shape index (κ3) is 3.39. The van der Waals surface area contributed by atoms with E-state index in [1.54, 1.807) is 31.3 Å². The molecule has 0 aliphatic rings. The first-order valence-corrected chi connectivity index (χ1v) is 6.13. The smallest absolute Gasteiger partial charge is 0.271 e. The minimum atomic E-state index is -0.707. The number of hydrogen-bond acceptors (Lipinski definition) is 7. The molecule has 0 aliphatic heterocycles. The molecule has 0 saturated carbocycles. The second-order valence-corrected chi connectivity index (χ2v) is 4.24. The predicted octanol–water partition coefficient (Wildman–Crippen LogP) is 2.73. The van der Waals surface area contributed by atoms with Gasteiger partial charge in [0.15, 0.2) is 0 Å². The number of pyridine rings is 1. The van der Waals surface area contributed by atoms with Crippen molar-refractivity contribution in [1.82, 2.24) is 4.98 Å². The summed E-state index contributed by atoms with van der Waals surface area (Å²) in [5, 5.41) is 25.7. The number of hydrazone groups is 1. The van der Waals surface area contributed by atoms with Gasteiger partial charge in [0.1, 0.15) is 5.69 Å². The van der Waals surface area contributed by atoms with Crippen LogP contribution >= 0.6 is 0 Å². The first-order chi connectivity index (χ1) is 10.5. The van der Waals surface area contributed by atoms with Gasteiger partial charge in [-0.25, -0.2) is 0 Å². The fraction of sp³-hybridized carbons (Fsp3) is 0.0769. The van der Waals surface area contributed by atoms with E-state index in [-0.39, 0.29) is 11.4 Å². The summed E-state index contributed by atoms with van der Waals surface area (Å²) in [5.41, 5.74) is 2.95. The summed E-state index contributed by atoms with van der Waals surface area (Å²) in [5.74, 6) is 0. The molecule has 0 aliphatic carbocycles. The zero-order valence-corrected chi connectivity index (χ0v) is 11.5. The van der Waals surface area contributed by atoms with E-state index in [1.807, 2.05) is 0 Å². The standard InChI is InChI=1S/C13H11N5O4/c1-9(11-4-2-3-7-14-11)15-16-12-6-5-10(17(19)20)8-13(12)18(21)22/h2-8,16H,1H3/b15-9-. The van der Waals surface area contributed by atoms with Crippen molar-refractivity contribution >= 4 is 22.8 Å². The summed E-state index contributed by atoms with van der Waals surface area (Å²) in [6.07, 6.45) is 1.60. The number of nitrogens with zero attached hydrogens (tertiary/aromatic N) is 4. The molecule has 2 aromatic rings. The van der Waals surface area contributed by atoms with Crippen LogP contribution in [0, 0.1) is 20.2 Å². The summed E-state index contributed by atoms with van der Waals surface area (Å²) in [7, 11) is 0. The van der Waals surface area contributed by atoms with E-state index < -0.39 is 15.5 Å². The van der Waals surface area contributed by atoms with Crippen LogP contribution in [-0.2, 0) is 0 Å². The molecule has 1 aromatic heterocycles. The van der Waals surface area contributed by atoms with Gasteiger partial charge in [-0.05, 0) is 25.1 Å². The molecule has 0 atom stereocenters. The summed E-state index contributed by atoms with van der Waals surface area (Å²) in [6.45, 7) is 1.69. The van der Waals surface area contributed by atoms with Crippen LogP contribution in [0.1, 0.15) is 12.6 Å². The Bertz CT molecular complexity index is 745. The molecule has 9 nitrogen and oxygen atoms in total. The number of benzene rings is 1. The molecule has 1 heterocycles. The summed E-state index contributed by atoms with van der Waals surface area (Å²) in [4.78, 5) is 24.3. The van der Waals surface area contributed by atoms with Gasteiger partial charge >= 0.3 is 5.69 Å². The lowest BCUT2D eigenvalue weighted by Gasteiger charge is -2.04. The van der Waals surface area contributed by atoms with E-state index in [0.29, 0.717) is 11.4 Å². The van der Waals surface area contributed by atoms with Gasteiger partial charge in [-0.2, -0.15) is 5.10 Å². The number of anilines is 1. The fourth-order valence-corrected chi connectivity index (χ4v) is 1.66.